The first kappa shape index (κ1) is 12.2. The fourth-order valence-corrected chi connectivity index (χ4v) is 2.28. The Kier molecular flexibility index (Phi) is 3.28. The predicted molar refractivity (Wildman–Crippen MR) is 56.5 cm³/mol. The van der Waals surface area contributed by atoms with Crippen LogP contribution in [0.2, 0.25) is 0 Å². The lowest BCUT2D eigenvalue weighted by Gasteiger charge is -2.17. The Morgan fingerprint density at radius 1 is 1.35 bits per heavy atom. The minimum Gasteiger partial charge on any atom is -0.405 e. The quantitative estimate of drug-likeness (QED) is 0.868. The fraction of sp³-hybridized carbons (Fsp3) is 0.500. The highest BCUT2D eigenvalue weighted by Crippen LogP contribution is 2.35. The number of alkyl halides is 3. The van der Waals surface area contributed by atoms with E-state index in [1.54, 1.807) is 6.07 Å². The summed E-state index contributed by atoms with van der Waals surface area (Å²) in [5, 5.41) is 0. The van der Waals surface area contributed by atoms with Crippen molar-refractivity contribution in [1.82, 2.24) is 0 Å². The van der Waals surface area contributed by atoms with Crippen LogP contribution in [0.4, 0.5) is 13.2 Å². The van der Waals surface area contributed by atoms with Crippen LogP contribution in [0.3, 0.4) is 0 Å². The highest BCUT2D eigenvalue weighted by Gasteiger charge is 2.32. The zero-order valence-corrected chi connectivity index (χ0v) is 9.13. The van der Waals surface area contributed by atoms with Gasteiger partial charge in [-0.1, -0.05) is 18.6 Å². The van der Waals surface area contributed by atoms with Gasteiger partial charge in [-0.2, -0.15) is 0 Å². The van der Waals surface area contributed by atoms with Crippen LogP contribution >= 0.6 is 0 Å². The van der Waals surface area contributed by atoms with E-state index in [1.165, 1.54) is 12.1 Å². The first-order valence-electron chi connectivity index (χ1n) is 5.49. The Labute approximate surface area is 97.6 Å². The fourth-order valence-electron chi connectivity index (χ4n) is 2.28. The summed E-state index contributed by atoms with van der Waals surface area (Å²) < 4.78 is 40.0. The number of nitrogens with two attached hydrogens (primary N) is 1. The number of benzene rings is 1. The molecule has 17 heavy (non-hydrogen) atoms. The number of rotatable bonds is 2. The van der Waals surface area contributed by atoms with Crippen molar-refractivity contribution in [3.05, 3.63) is 29.8 Å². The van der Waals surface area contributed by atoms with Crippen molar-refractivity contribution >= 4 is 0 Å². The molecule has 1 fully saturated rings. The second kappa shape index (κ2) is 4.56. The minimum atomic E-state index is -4.67. The predicted octanol–water partition coefficient (Wildman–Crippen LogP) is 2.98. The third kappa shape index (κ3) is 3.12. The molecule has 0 aliphatic heterocycles. The summed E-state index contributed by atoms with van der Waals surface area (Å²) in [6, 6.07) is 7.02. The van der Waals surface area contributed by atoms with E-state index in [0.717, 1.165) is 24.8 Å². The topological polar surface area (TPSA) is 35.2 Å². The van der Waals surface area contributed by atoms with Crippen molar-refractivity contribution < 1.29 is 17.9 Å². The van der Waals surface area contributed by atoms with Gasteiger partial charge in [0.15, 0.2) is 0 Å². The molecule has 0 aromatic heterocycles. The van der Waals surface area contributed by atoms with Gasteiger partial charge in [0.2, 0.25) is 0 Å². The minimum absolute atomic E-state index is 0.0242. The highest BCUT2D eigenvalue weighted by atomic mass is 19.4. The van der Waals surface area contributed by atoms with Crippen molar-refractivity contribution in [3.8, 4) is 5.75 Å². The zero-order valence-electron chi connectivity index (χ0n) is 9.13. The largest absolute Gasteiger partial charge is 0.573 e. The van der Waals surface area contributed by atoms with Gasteiger partial charge < -0.3 is 10.5 Å². The SMILES string of the molecule is NC1CCCC1c1cc[c]c(OC(F)(F)F)c1. The van der Waals surface area contributed by atoms with E-state index in [0.29, 0.717) is 0 Å². The van der Waals surface area contributed by atoms with Crippen LogP contribution in [0.5, 0.6) is 5.75 Å². The number of hydrogen-bond acceptors (Lipinski definition) is 2. The lowest BCUT2D eigenvalue weighted by atomic mass is 9.94. The standard InChI is InChI=1S/C12H13F3NO/c13-12(14,15)17-9-4-1-3-8(7-9)10-5-2-6-11(10)16/h1,3,7,10-11H,2,5-6,16H2. The summed E-state index contributed by atoms with van der Waals surface area (Å²) in [6.45, 7) is 0. The molecule has 0 heterocycles. The van der Waals surface area contributed by atoms with E-state index >= 15 is 0 Å². The molecule has 2 N–H and O–H groups in total. The van der Waals surface area contributed by atoms with Gasteiger partial charge in [0.1, 0.15) is 5.75 Å². The van der Waals surface area contributed by atoms with E-state index in [4.69, 9.17) is 5.73 Å². The maximum absolute atomic E-state index is 12.1. The maximum Gasteiger partial charge on any atom is 0.573 e. The number of ether oxygens (including phenoxy) is 1. The van der Waals surface area contributed by atoms with E-state index in [9.17, 15) is 13.2 Å². The Hall–Kier alpha value is -1.23. The van der Waals surface area contributed by atoms with Crippen molar-refractivity contribution in [2.45, 2.75) is 37.6 Å². The monoisotopic (exact) mass is 244 g/mol. The molecule has 5 heteroatoms. The van der Waals surface area contributed by atoms with Crippen LogP contribution in [0.15, 0.2) is 18.2 Å². The molecule has 2 atom stereocenters. The Balaban J connectivity index is 2.16. The van der Waals surface area contributed by atoms with Crippen LogP contribution in [-0.2, 0) is 0 Å². The normalized spacial score (nSPS) is 24.9. The van der Waals surface area contributed by atoms with Crippen LogP contribution in [-0.4, -0.2) is 12.4 Å². The lowest BCUT2D eigenvalue weighted by molar-refractivity contribution is -0.274. The molecule has 1 radical (unpaired) electrons. The third-order valence-corrected chi connectivity index (χ3v) is 3.02. The van der Waals surface area contributed by atoms with Gasteiger partial charge in [-0.05, 0) is 30.4 Å². The van der Waals surface area contributed by atoms with Gasteiger partial charge >= 0.3 is 6.36 Å². The average molecular weight is 244 g/mol. The van der Waals surface area contributed by atoms with Gasteiger partial charge in [0.05, 0.1) is 0 Å². The molecule has 0 saturated heterocycles. The van der Waals surface area contributed by atoms with Crippen LogP contribution in [0.1, 0.15) is 30.7 Å². The summed E-state index contributed by atoms with van der Waals surface area (Å²) in [5.74, 6) is -0.172. The molecule has 1 aliphatic carbocycles. The van der Waals surface area contributed by atoms with Crippen molar-refractivity contribution in [3.63, 3.8) is 0 Å². The average Bonchev–Trinajstić information content (AvgIpc) is 2.62. The lowest BCUT2D eigenvalue weighted by Crippen LogP contribution is -2.23. The Morgan fingerprint density at radius 2 is 2.12 bits per heavy atom. The van der Waals surface area contributed by atoms with E-state index in [2.05, 4.69) is 10.8 Å². The summed E-state index contributed by atoms with van der Waals surface area (Å²) in [6.07, 6.45) is -1.83. The summed E-state index contributed by atoms with van der Waals surface area (Å²) in [5.41, 5.74) is 6.71. The zero-order chi connectivity index (χ0) is 12.5. The van der Waals surface area contributed by atoms with Crippen molar-refractivity contribution in [2.75, 3.05) is 0 Å². The van der Waals surface area contributed by atoms with Gasteiger partial charge in [0, 0.05) is 12.1 Å². The van der Waals surface area contributed by atoms with Crippen LogP contribution < -0.4 is 10.5 Å². The van der Waals surface area contributed by atoms with Gasteiger partial charge in [-0.25, -0.2) is 0 Å². The molecule has 2 nitrogen and oxygen atoms in total. The summed E-state index contributed by atoms with van der Waals surface area (Å²) in [4.78, 5) is 0. The molecule has 93 valence electrons. The highest BCUT2D eigenvalue weighted by molar-refractivity contribution is 5.31. The first-order chi connectivity index (χ1) is 7.96. The smallest absolute Gasteiger partial charge is 0.405 e. The molecule has 1 aromatic rings. The number of halogens is 3. The van der Waals surface area contributed by atoms with Crippen molar-refractivity contribution in [2.24, 2.45) is 5.73 Å². The molecule has 2 rings (SSSR count). The van der Waals surface area contributed by atoms with E-state index < -0.39 is 6.36 Å². The molecule has 0 bridgehead atoms. The van der Waals surface area contributed by atoms with Gasteiger partial charge in [-0.15, -0.1) is 13.2 Å². The molecule has 2 unspecified atom stereocenters. The molecule has 0 spiro atoms. The molecule has 1 saturated carbocycles. The molecular formula is C12H13F3NO. The van der Waals surface area contributed by atoms with Crippen molar-refractivity contribution in [1.29, 1.82) is 0 Å². The van der Waals surface area contributed by atoms with Gasteiger partial charge in [0.25, 0.3) is 0 Å². The summed E-state index contributed by atoms with van der Waals surface area (Å²) >= 11 is 0. The van der Waals surface area contributed by atoms with E-state index in [1.807, 2.05) is 0 Å². The van der Waals surface area contributed by atoms with E-state index in [-0.39, 0.29) is 17.7 Å². The Bertz CT molecular complexity index is 392. The third-order valence-electron chi connectivity index (χ3n) is 3.02. The van der Waals surface area contributed by atoms with Gasteiger partial charge in [-0.3, -0.25) is 0 Å². The Morgan fingerprint density at radius 3 is 2.71 bits per heavy atom. The summed E-state index contributed by atoms with van der Waals surface area (Å²) in [7, 11) is 0. The molecule has 0 amide bonds. The van der Waals surface area contributed by atoms with Crippen LogP contribution in [0, 0.1) is 6.07 Å². The molecule has 1 aliphatic rings. The van der Waals surface area contributed by atoms with Crippen LogP contribution in [0.25, 0.3) is 0 Å². The first-order valence-corrected chi connectivity index (χ1v) is 5.49. The maximum atomic E-state index is 12.1. The second-order valence-corrected chi connectivity index (χ2v) is 4.24. The molecule has 1 aromatic carbocycles. The second-order valence-electron chi connectivity index (χ2n) is 4.24. The number of hydrogen-bond donors (Lipinski definition) is 1. The molecular weight excluding hydrogens is 231 g/mol.